The lowest BCUT2D eigenvalue weighted by Gasteiger charge is -2.36. The summed E-state index contributed by atoms with van der Waals surface area (Å²) in [6.07, 6.45) is 4.42. The number of hydrogen-bond acceptors (Lipinski definition) is 5. The maximum Gasteiger partial charge on any atom is 0.178 e. The first-order valence-electron chi connectivity index (χ1n) is 9.60. The van der Waals surface area contributed by atoms with Crippen molar-refractivity contribution in [1.82, 2.24) is 9.80 Å². The first kappa shape index (κ1) is 21.8. The van der Waals surface area contributed by atoms with Gasteiger partial charge in [0.25, 0.3) is 0 Å². The topological polar surface area (TPSA) is 49.9 Å². The van der Waals surface area contributed by atoms with Crippen LogP contribution < -0.4 is 0 Å². The van der Waals surface area contributed by atoms with Crippen LogP contribution in [-0.4, -0.2) is 69.9 Å². The monoisotopic (exact) mass is 392 g/mol. The third-order valence-electron chi connectivity index (χ3n) is 4.80. The molecular formula is C21H32N2O3S. The van der Waals surface area contributed by atoms with Gasteiger partial charge in [-0.3, -0.25) is 9.80 Å². The molecule has 1 heterocycles. The molecule has 0 bridgehead atoms. The van der Waals surface area contributed by atoms with E-state index in [1.807, 2.05) is 31.2 Å². The van der Waals surface area contributed by atoms with Crippen LogP contribution in [0.1, 0.15) is 24.9 Å². The van der Waals surface area contributed by atoms with E-state index in [0.29, 0.717) is 11.3 Å². The van der Waals surface area contributed by atoms with Crippen molar-refractivity contribution in [2.75, 3.05) is 51.7 Å². The third kappa shape index (κ3) is 6.28. The molecular weight excluding hydrogens is 360 g/mol. The number of nitrogens with zero attached hydrogens (tertiary/aromatic N) is 2. The molecule has 0 N–H and O–H groups in total. The van der Waals surface area contributed by atoms with Crippen LogP contribution in [0.2, 0.25) is 0 Å². The van der Waals surface area contributed by atoms with Crippen LogP contribution in [-0.2, 0) is 14.6 Å². The summed E-state index contributed by atoms with van der Waals surface area (Å²) in [7, 11) is -3.19. The van der Waals surface area contributed by atoms with Gasteiger partial charge in [-0.2, -0.15) is 0 Å². The summed E-state index contributed by atoms with van der Waals surface area (Å²) in [6.45, 7) is 15.3. The van der Waals surface area contributed by atoms with E-state index >= 15 is 0 Å². The van der Waals surface area contributed by atoms with Gasteiger partial charge >= 0.3 is 0 Å². The zero-order chi connectivity index (χ0) is 19.7. The summed E-state index contributed by atoms with van der Waals surface area (Å²) in [5.41, 5.74) is 1.11. The summed E-state index contributed by atoms with van der Waals surface area (Å²) in [5.74, 6) is 0.183. The number of rotatable bonds is 11. The van der Waals surface area contributed by atoms with Gasteiger partial charge in [-0.25, -0.2) is 8.42 Å². The molecule has 0 amide bonds. The summed E-state index contributed by atoms with van der Waals surface area (Å²) >= 11 is 0. The van der Waals surface area contributed by atoms with Crippen molar-refractivity contribution < 1.29 is 13.2 Å². The van der Waals surface area contributed by atoms with Crippen molar-refractivity contribution in [3.05, 3.63) is 55.1 Å². The molecule has 150 valence electrons. The van der Waals surface area contributed by atoms with Crippen molar-refractivity contribution in [2.45, 2.75) is 24.3 Å². The normalized spacial score (nSPS) is 17.0. The van der Waals surface area contributed by atoms with Crippen molar-refractivity contribution >= 4 is 9.84 Å². The fourth-order valence-electron chi connectivity index (χ4n) is 3.40. The van der Waals surface area contributed by atoms with Crippen molar-refractivity contribution in [1.29, 1.82) is 0 Å². The fourth-order valence-corrected chi connectivity index (χ4v) is 4.73. The lowest BCUT2D eigenvalue weighted by atomic mass is 10.0. The lowest BCUT2D eigenvalue weighted by Crippen LogP contribution is -2.43. The second kappa shape index (κ2) is 10.8. The fraction of sp³-hybridized carbons (Fsp3) is 0.524. The highest BCUT2D eigenvalue weighted by molar-refractivity contribution is 7.91. The Morgan fingerprint density at radius 1 is 1.15 bits per heavy atom. The lowest BCUT2D eigenvalue weighted by molar-refractivity contribution is 0.0244. The highest BCUT2D eigenvalue weighted by Gasteiger charge is 2.24. The van der Waals surface area contributed by atoms with Gasteiger partial charge in [0, 0.05) is 38.8 Å². The number of sulfone groups is 1. The Hall–Kier alpha value is -1.47. The van der Waals surface area contributed by atoms with Crippen LogP contribution in [0.4, 0.5) is 0 Å². The molecule has 0 aromatic heterocycles. The smallest absolute Gasteiger partial charge is 0.178 e. The number of hydrogen-bond donors (Lipinski definition) is 0. The van der Waals surface area contributed by atoms with E-state index in [4.69, 9.17) is 4.74 Å². The molecule has 2 rings (SSSR count). The predicted molar refractivity (Wildman–Crippen MR) is 111 cm³/mol. The van der Waals surface area contributed by atoms with Gasteiger partial charge in [0.1, 0.15) is 0 Å². The molecule has 1 aliphatic heterocycles. The van der Waals surface area contributed by atoms with E-state index in [0.717, 1.165) is 51.5 Å². The minimum absolute atomic E-state index is 0.141. The average molecular weight is 393 g/mol. The Bertz CT molecular complexity index is 685. The molecule has 0 radical (unpaired) electrons. The molecule has 0 aliphatic carbocycles. The minimum Gasteiger partial charge on any atom is -0.379 e. The number of morpholine rings is 1. The summed E-state index contributed by atoms with van der Waals surface area (Å²) < 4.78 is 30.1. The summed E-state index contributed by atoms with van der Waals surface area (Å²) in [4.78, 5) is 5.11. The number of ether oxygens (including phenoxy) is 1. The zero-order valence-electron chi connectivity index (χ0n) is 16.3. The molecule has 1 saturated heterocycles. The predicted octanol–water partition coefficient (Wildman–Crippen LogP) is 2.92. The Kier molecular flexibility index (Phi) is 8.70. The molecule has 6 heteroatoms. The molecule has 5 nitrogen and oxygen atoms in total. The summed E-state index contributed by atoms with van der Waals surface area (Å²) in [6, 6.07) is 7.53. The molecule has 1 aromatic rings. The maximum absolute atomic E-state index is 12.3. The SMILES string of the molecule is C=CCN(CC=C)C(CN1CCOCC1)c1ccc(S(=O)(=O)CCC)cc1. The molecule has 1 aromatic carbocycles. The van der Waals surface area contributed by atoms with Crippen LogP contribution in [0.3, 0.4) is 0 Å². The second-order valence-corrected chi connectivity index (χ2v) is 8.96. The Balaban J connectivity index is 2.27. The Morgan fingerprint density at radius 2 is 1.74 bits per heavy atom. The van der Waals surface area contributed by atoms with E-state index in [9.17, 15) is 8.42 Å². The molecule has 1 aliphatic rings. The third-order valence-corrected chi connectivity index (χ3v) is 6.74. The van der Waals surface area contributed by atoms with Gasteiger partial charge in [0.2, 0.25) is 0 Å². The van der Waals surface area contributed by atoms with Crippen LogP contribution in [0, 0.1) is 0 Å². The van der Waals surface area contributed by atoms with Gasteiger partial charge < -0.3 is 4.74 Å². The van der Waals surface area contributed by atoms with Gasteiger partial charge in [-0.15, -0.1) is 13.2 Å². The van der Waals surface area contributed by atoms with Gasteiger partial charge in [-0.05, 0) is 24.1 Å². The van der Waals surface area contributed by atoms with Crippen LogP contribution in [0.15, 0.2) is 54.5 Å². The highest BCUT2D eigenvalue weighted by Crippen LogP contribution is 2.25. The second-order valence-electron chi connectivity index (χ2n) is 6.85. The highest BCUT2D eigenvalue weighted by atomic mass is 32.2. The van der Waals surface area contributed by atoms with Crippen molar-refractivity contribution in [3.8, 4) is 0 Å². The quantitative estimate of drug-likeness (QED) is 0.542. The minimum atomic E-state index is -3.19. The summed E-state index contributed by atoms with van der Waals surface area (Å²) in [5, 5.41) is 0. The first-order chi connectivity index (χ1) is 13.0. The Morgan fingerprint density at radius 3 is 2.26 bits per heavy atom. The van der Waals surface area contributed by atoms with Crippen LogP contribution in [0.5, 0.6) is 0 Å². The van der Waals surface area contributed by atoms with E-state index in [1.165, 1.54) is 0 Å². The van der Waals surface area contributed by atoms with E-state index in [-0.39, 0.29) is 11.8 Å². The zero-order valence-corrected chi connectivity index (χ0v) is 17.2. The van der Waals surface area contributed by atoms with E-state index in [1.54, 1.807) is 12.1 Å². The van der Waals surface area contributed by atoms with Crippen molar-refractivity contribution in [2.24, 2.45) is 0 Å². The van der Waals surface area contributed by atoms with Gasteiger partial charge in [-0.1, -0.05) is 31.2 Å². The molecule has 0 spiro atoms. The van der Waals surface area contributed by atoms with Crippen LogP contribution >= 0.6 is 0 Å². The molecule has 0 saturated carbocycles. The van der Waals surface area contributed by atoms with Crippen LogP contribution in [0.25, 0.3) is 0 Å². The maximum atomic E-state index is 12.3. The standard InChI is InChI=1S/C21H32N2O3S/c1-4-11-23(12-5-2)21(18-22-13-15-26-16-14-22)19-7-9-20(10-8-19)27(24,25)17-6-3/h4-5,7-10,21H,1-2,6,11-18H2,3H3. The molecule has 1 unspecified atom stereocenters. The molecule has 27 heavy (non-hydrogen) atoms. The number of benzene rings is 1. The van der Waals surface area contributed by atoms with Gasteiger partial charge in [0.15, 0.2) is 9.84 Å². The van der Waals surface area contributed by atoms with Gasteiger partial charge in [0.05, 0.1) is 23.9 Å². The average Bonchev–Trinajstić information content (AvgIpc) is 2.67. The van der Waals surface area contributed by atoms with E-state index in [2.05, 4.69) is 23.0 Å². The van der Waals surface area contributed by atoms with Crippen molar-refractivity contribution in [3.63, 3.8) is 0 Å². The van der Waals surface area contributed by atoms with E-state index < -0.39 is 9.84 Å². The first-order valence-corrected chi connectivity index (χ1v) is 11.3. The largest absolute Gasteiger partial charge is 0.379 e. The Labute approximate surface area is 164 Å². The molecule has 1 atom stereocenters. The molecule has 1 fully saturated rings.